The van der Waals surface area contributed by atoms with Crippen molar-refractivity contribution in [2.75, 3.05) is 26.4 Å². The molecule has 0 aromatic heterocycles. The number of nitrogens with one attached hydrogen (secondary N) is 1. The molecule has 2 saturated heterocycles. The number of carbonyl (C=O) groups excluding carboxylic acids is 2. The molecule has 4 rings (SSSR count). The second-order valence-corrected chi connectivity index (χ2v) is 12.8. The Hall–Kier alpha value is -2.15. The van der Waals surface area contributed by atoms with E-state index in [0.717, 1.165) is 17.5 Å². The molecule has 10 nitrogen and oxygen atoms in total. The number of hydrogen-bond donors (Lipinski definition) is 2. The number of alkyl halides is 3. The highest BCUT2D eigenvalue weighted by Crippen LogP contribution is 2.38. The first-order valence-corrected chi connectivity index (χ1v) is 15.3. The predicted molar refractivity (Wildman–Crippen MR) is 158 cm³/mol. The minimum atomic E-state index is -1.77. The van der Waals surface area contributed by atoms with Crippen LogP contribution in [0.3, 0.4) is 0 Å². The van der Waals surface area contributed by atoms with Crippen molar-refractivity contribution in [3.05, 3.63) is 71.8 Å². The molecule has 2 aromatic carbocycles. The maximum Gasteiger partial charge on any atom is 0.407 e. The molecule has 0 unspecified atom stereocenters. The van der Waals surface area contributed by atoms with Gasteiger partial charge >= 0.3 is 12.1 Å². The van der Waals surface area contributed by atoms with Crippen LogP contribution in [-0.2, 0) is 39.8 Å². The zero-order valence-corrected chi connectivity index (χ0v) is 25.7. The Balaban J connectivity index is 1.24. The first-order valence-electron chi connectivity index (χ1n) is 14.1. The smallest absolute Gasteiger partial charge is 0.407 e. The second-order valence-electron chi connectivity index (χ2n) is 10.3. The number of halogens is 3. The Labute approximate surface area is 265 Å². The van der Waals surface area contributed by atoms with Crippen LogP contribution in [0, 0.1) is 5.92 Å². The summed E-state index contributed by atoms with van der Waals surface area (Å²) in [6.45, 7) is 0.674. The van der Waals surface area contributed by atoms with Crippen LogP contribution < -0.4 is 5.32 Å². The Morgan fingerprint density at radius 2 is 1.67 bits per heavy atom. The summed E-state index contributed by atoms with van der Waals surface area (Å²) in [4.78, 5) is 24.5. The average molecular weight is 661 g/mol. The standard InChI is InChI=1S/C30H36Cl3NO9/c31-30(32,33)19-41-24(35)16-22-25(36)26-23(18-39-27(43-26)21-12-6-2-7-13-21)42-28(22)38-15-9-3-8-14-34-29(37)40-17-20-10-4-1-5-11-20/h1-2,4-7,10-13,22-23,25-28,36H,3,8-9,14-19H2,(H,34,37)/t22-,23-,25-,26-,27-,28-/m1/s1. The van der Waals surface area contributed by atoms with Crippen LogP contribution in [0.4, 0.5) is 4.79 Å². The maximum atomic E-state index is 12.6. The minimum Gasteiger partial charge on any atom is -0.461 e. The van der Waals surface area contributed by atoms with Crippen molar-refractivity contribution >= 4 is 46.9 Å². The van der Waals surface area contributed by atoms with Gasteiger partial charge in [-0.2, -0.15) is 0 Å². The molecular formula is C30H36Cl3NO9. The lowest BCUT2D eigenvalue weighted by atomic mass is 9.87. The highest BCUT2D eigenvalue weighted by Gasteiger charge is 2.50. The van der Waals surface area contributed by atoms with E-state index in [9.17, 15) is 14.7 Å². The maximum absolute atomic E-state index is 12.6. The molecule has 1 amide bonds. The zero-order valence-electron chi connectivity index (χ0n) is 23.4. The van der Waals surface area contributed by atoms with Crippen molar-refractivity contribution in [3.8, 4) is 0 Å². The molecule has 2 fully saturated rings. The number of aliphatic hydroxyl groups excluding tert-OH is 1. The van der Waals surface area contributed by atoms with Crippen LogP contribution in [0.1, 0.15) is 43.1 Å². The summed E-state index contributed by atoms with van der Waals surface area (Å²) in [5, 5.41) is 14.1. The minimum absolute atomic E-state index is 0.164. The highest BCUT2D eigenvalue weighted by molar-refractivity contribution is 6.67. The van der Waals surface area contributed by atoms with Crippen LogP contribution in [-0.4, -0.2) is 71.9 Å². The number of benzene rings is 2. The summed E-state index contributed by atoms with van der Waals surface area (Å²) in [6.07, 6.45) is -2.73. The van der Waals surface area contributed by atoms with Gasteiger partial charge in [0.05, 0.1) is 19.1 Å². The third-order valence-electron chi connectivity index (χ3n) is 6.95. The zero-order chi connectivity index (χ0) is 30.7. The number of esters is 1. The molecule has 2 heterocycles. The van der Waals surface area contributed by atoms with E-state index in [1.165, 1.54) is 0 Å². The van der Waals surface area contributed by atoms with Gasteiger partial charge in [0.15, 0.2) is 12.6 Å². The molecular weight excluding hydrogens is 625 g/mol. The van der Waals surface area contributed by atoms with Crippen molar-refractivity contribution in [2.45, 2.75) is 67.0 Å². The van der Waals surface area contributed by atoms with Gasteiger partial charge in [0.2, 0.25) is 3.79 Å². The highest BCUT2D eigenvalue weighted by atomic mass is 35.6. The summed E-state index contributed by atoms with van der Waals surface area (Å²) >= 11 is 17.1. The second kappa shape index (κ2) is 16.8. The van der Waals surface area contributed by atoms with E-state index in [2.05, 4.69) is 5.32 Å². The molecule has 0 spiro atoms. The van der Waals surface area contributed by atoms with Gasteiger partial charge in [-0.25, -0.2) is 4.79 Å². The molecule has 0 bridgehead atoms. The van der Waals surface area contributed by atoms with E-state index in [-0.39, 0.29) is 19.6 Å². The Morgan fingerprint density at radius 3 is 2.40 bits per heavy atom. The van der Waals surface area contributed by atoms with Gasteiger partial charge in [-0.15, -0.1) is 0 Å². The van der Waals surface area contributed by atoms with E-state index in [1.807, 2.05) is 60.7 Å². The quantitative estimate of drug-likeness (QED) is 0.169. The van der Waals surface area contributed by atoms with Crippen LogP contribution in [0.15, 0.2) is 60.7 Å². The van der Waals surface area contributed by atoms with Crippen LogP contribution in [0.2, 0.25) is 0 Å². The third kappa shape index (κ3) is 11.1. The topological polar surface area (TPSA) is 122 Å². The van der Waals surface area contributed by atoms with E-state index in [0.29, 0.717) is 26.0 Å². The number of unbranched alkanes of at least 4 members (excludes halogenated alkanes) is 2. The lowest BCUT2D eigenvalue weighted by molar-refractivity contribution is -0.353. The summed E-state index contributed by atoms with van der Waals surface area (Å²) < 4.78 is 32.6. The Bertz CT molecular complexity index is 1140. The number of carbonyl (C=O) groups is 2. The van der Waals surface area contributed by atoms with Crippen molar-refractivity contribution in [1.82, 2.24) is 5.32 Å². The first-order chi connectivity index (χ1) is 20.7. The number of ether oxygens (including phenoxy) is 6. The number of alkyl carbamates (subject to hydrolysis) is 1. The lowest BCUT2D eigenvalue weighted by Crippen LogP contribution is -2.60. The molecule has 2 aliphatic heterocycles. The Kier molecular flexibility index (Phi) is 13.2. The van der Waals surface area contributed by atoms with Crippen LogP contribution in [0.5, 0.6) is 0 Å². The van der Waals surface area contributed by atoms with E-state index >= 15 is 0 Å². The lowest BCUT2D eigenvalue weighted by Gasteiger charge is -2.47. The van der Waals surface area contributed by atoms with Gasteiger partial charge in [-0.05, 0) is 24.8 Å². The summed E-state index contributed by atoms with van der Waals surface area (Å²) in [5.41, 5.74) is 1.71. The molecule has 2 aromatic rings. The van der Waals surface area contributed by atoms with Gasteiger partial charge in [0.25, 0.3) is 0 Å². The summed E-state index contributed by atoms with van der Waals surface area (Å²) in [5.74, 6) is -1.48. The summed E-state index contributed by atoms with van der Waals surface area (Å²) in [6, 6.07) is 18.8. The average Bonchev–Trinajstić information content (AvgIpc) is 3.00. The molecule has 0 aliphatic carbocycles. The first kappa shape index (κ1) is 33.7. The normalized spacial score (nSPS) is 25.4. The number of hydrogen-bond acceptors (Lipinski definition) is 9. The predicted octanol–water partition coefficient (Wildman–Crippen LogP) is 5.22. The van der Waals surface area contributed by atoms with Crippen molar-refractivity contribution < 1.29 is 43.1 Å². The monoisotopic (exact) mass is 659 g/mol. The van der Waals surface area contributed by atoms with Gasteiger partial charge in [-0.3, -0.25) is 4.79 Å². The van der Waals surface area contributed by atoms with E-state index < -0.39 is 59.3 Å². The molecule has 0 saturated carbocycles. The molecule has 2 N–H and O–H groups in total. The molecule has 236 valence electrons. The third-order valence-corrected chi connectivity index (χ3v) is 7.28. The van der Waals surface area contributed by atoms with Crippen molar-refractivity contribution in [1.29, 1.82) is 0 Å². The fourth-order valence-corrected chi connectivity index (χ4v) is 4.95. The molecule has 13 heteroatoms. The van der Waals surface area contributed by atoms with Gasteiger partial charge < -0.3 is 38.8 Å². The fourth-order valence-electron chi connectivity index (χ4n) is 4.79. The largest absolute Gasteiger partial charge is 0.461 e. The number of fused-ring (bicyclic) bond motifs is 1. The SMILES string of the molecule is O=C(C[C@H]1[C@H](OCCCCCNC(=O)OCc2ccccc2)O[C@@H]2CO[C@@H](c3ccccc3)O[C@H]2[C@@H]1O)OCC(Cl)(Cl)Cl. The number of amides is 1. The van der Waals surface area contributed by atoms with Crippen molar-refractivity contribution in [3.63, 3.8) is 0 Å². The van der Waals surface area contributed by atoms with E-state index in [1.54, 1.807) is 0 Å². The van der Waals surface area contributed by atoms with Gasteiger partial charge in [0, 0.05) is 24.6 Å². The summed E-state index contributed by atoms with van der Waals surface area (Å²) in [7, 11) is 0. The van der Waals surface area contributed by atoms with Crippen molar-refractivity contribution in [2.24, 2.45) is 5.92 Å². The number of aliphatic hydroxyl groups is 1. The molecule has 43 heavy (non-hydrogen) atoms. The molecule has 6 atom stereocenters. The Morgan fingerprint density at radius 1 is 0.953 bits per heavy atom. The van der Waals surface area contributed by atoms with Gasteiger partial charge in [0.1, 0.15) is 25.4 Å². The molecule has 0 radical (unpaired) electrons. The number of rotatable bonds is 13. The van der Waals surface area contributed by atoms with Crippen LogP contribution in [0.25, 0.3) is 0 Å². The molecule has 2 aliphatic rings. The van der Waals surface area contributed by atoms with E-state index in [4.69, 9.17) is 63.2 Å². The fraction of sp³-hybridized carbons (Fsp3) is 0.533. The van der Waals surface area contributed by atoms with Crippen LogP contribution >= 0.6 is 34.8 Å². The van der Waals surface area contributed by atoms with Gasteiger partial charge in [-0.1, -0.05) is 95.5 Å².